The van der Waals surface area contributed by atoms with E-state index < -0.39 is 15.8 Å². The molecule has 1 aliphatic heterocycles. The lowest BCUT2D eigenvalue weighted by molar-refractivity contribution is 0.0691. The number of hydrogen-bond acceptors (Lipinski definition) is 5. The first-order chi connectivity index (χ1) is 11.9. The quantitative estimate of drug-likeness (QED) is 0.814. The Labute approximate surface area is 145 Å². The standard InChI is InChI=1S/C16H17FN4O3S/c1-12-10-13(2-3-14(12)17)25(23,24)21-8-6-20(7-9-21)16(22)15-11-18-4-5-19-15/h2-5,10-11H,6-9H2,1H3. The van der Waals surface area contributed by atoms with E-state index in [0.717, 1.165) is 6.07 Å². The summed E-state index contributed by atoms with van der Waals surface area (Å²) < 4.78 is 40.0. The molecule has 0 unspecified atom stereocenters. The summed E-state index contributed by atoms with van der Waals surface area (Å²) in [6.07, 6.45) is 4.30. The summed E-state index contributed by atoms with van der Waals surface area (Å²) in [4.78, 5) is 21.8. The average Bonchev–Trinajstić information content (AvgIpc) is 2.64. The number of aryl methyl sites for hydroxylation is 1. The van der Waals surface area contributed by atoms with Crippen LogP contribution in [0.1, 0.15) is 16.1 Å². The van der Waals surface area contributed by atoms with Crippen molar-refractivity contribution in [2.45, 2.75) is 11.8 Å². The minimum atomic E-state index is -3.71. The van der Waals surface area contributed by atoms with Gasteiger partial charge in [-0.05, 0) is 30.7 Å². The molecule has 7 nitrogen and oxygen atoms in total. The fraction of sp³-hybridized carbons (Fsp3) is 0.312. The second kappa shape index (κ2) is 6.85. The predicted molar refractivity (Wildman–Crippen MR) is 87.8 cm³/mol. The number of hydrogen-bond donors (Lipinski definition) is 0. The molecule has 2 aromatic rings. The maximum Gasteiger partial charge on any atom is 0.274 e. The van der Waals surface area contributed by atoms with Crippen molar-refractivity contribution < 1.29 is 17.6 Å². The summed E-state index contributed by atoms with van der Waals surface area (Å²) >= 11 is 0. The molecule has 0 bridgehead atoms. The van der Waals surface area contributed by atoms with Crippen molar-refractivity contribution in [3.05, 3.63) is 53.9 Å². The monoisotopic (exact) mass is 364 g/mol. The van der Waals surface area contributed by atoms with Crippen LogP contribution < -0.4 is 0 Å². The molecule has 2 heterocycles. The molecule has 0 radical (unpaired) electrons. The molecule has 1 aromatic carbocycles. The van der Waals surface area contributed by atoms with E-state index in [2.05, 4.69) is 9.97 Å². The Bertz CT molecular complexity index is 882. The van der Waals surface area contributed by atoms with E-state index >= 15 is 0 Å². The number of carbonyl (C=O) groups is 1. The molecule has 132 valence electrons. The van der Waals surface area contributed by atoms with Gasteiger partial charge in [0.25, 0.3) is 5.91 Å². The number of aromatic nitrogens is 2. The third-order valence-electron chi connectivity index (χ3n) is 4.08. The van der Waals surface area contributed by atoms with Crippen molar-refractivity contribution in [3.63, 3.8) is 0 Å². The molecule has 0 spiro atoms. The summed E-state index contributed by atoms with van der Waals surface area (Å²) in [6.45, 7) is 2.38. The van der Waals surface area contributed by atoms with E-state index in [9.17, 15) is 17.6 Å². The topological polar surface area (TPSA) is 83.5 Å². The molecule has 1 aliphatic rings. The minimum Gasteiger partial charge on any atom is -0.335 e. The van der Waals surface area contributed by atoms with E-state index in [1.54, 1.807) is 4.90 Å². The maximum atomic E-state index is 13.4. The fourth-order valence-corrected chi connectivity index (χ4v) is 4.14. The normalized spacial score (nSPS) is 16.0. The van der Waals surface area contributed by atoms with Gasteiger partial charge in [0.1, 0.15) is 11.5 Å². The van der Waals surface area contributed by atoms with Gasteiger partial charge in [-0.25, -0.2) is 17.8 Å². The summed E-state index contributed by atoms with van der Waals surface area (Å²) in [5.41, 5.74) is 0.505. The van der Waals surface area contributed by atoms with Gasteiger partial charge in [-0.2, -0.15) is 4.31 Å². The van der Waals surface area contributed by atoms with Gasteiger partial charge in [-0.3, -0.25) is 9.78 Å². The summed E-state index contributed by atoms with van der Waals surface area (Å²) in [5.74, 6) is -0.721. The van der Waals surface area contributed by atoms with Crippen LogP contribution in [0, 0.1) is 12.7 Å². The van der Waals surface area contributed by atoms with Crippen molar-refractivity contribution >= 4 is 15.9 Å². The Hall–Kier alpha value is -2.39. The van der Waals surface area contributed by atoms with Gasteiger partial charge in [-0.15, -0.1) is 0 Å². The first kappa shape index (κ1) is 17.4. The lowest BCUT2D eigenvalue weighted by Crippen LogP contribution is -2.50. The van der Waals surface area contributed by atoms with Crippen LogP contribution >= 0.6 is 0 Å². The number of halogens is 1. The second-order valence-corrected chi connectivity index (χ2v) is 7.64. The van der Waals surface area contributed by atoms with E-state index in [-0.39, 0.29) is 48.2 Å². The lowest BCUT2D eigenvalue weighted by Gasteiger charge is -2.33. The van der Waals surface area contributed by atoms with E-state index in [4.69, 9.17) is 0 Å². The first-order valence-corrected chi connectivity index (χ1v) is 9.15. The van der Waals surface area contributed by atoms with E-state index in [1.165, 1.54) is 42.0 Å². The number of carbonyl (C=O) groups excluding carboxylic acids is 1. The molecule has 0 saturated carbocycles. The predicted octanol–water partition coefficient (Wildman–Crippen LogP) is 1.07. The van der Waals surface area contributed by atoms with Crippen LogP contribution in [-0.2, 0) is 10.0 Å². The van der Waals surface area contributed by atoms with Crippen molar-refractivity contribution in [2.24, 2.45) is 0 Å². The third kappa shape index (κ3) is 3.52. The zero-order chi connectivity index (χ0) is 18.0. The van der Waals surface area contributed by atoms with Crippen LogP contribution in [0.3, 0.4) is 0 Å². The van der Waals surface area contributed by atoms with Crippen LogP contribution in [0.5, 0.6) is 0 Å². The minimum absolute atomic E-state index is 0.0557. The smallest absolute Gasteiger partial charge is 0.274 e. The highest BCUT2D eigenvalue weighted by molar-refractivity contribution is 7.89. The zero-order valence-corrected chi connectivity index (χ0v) is 14.4. The van der Waals surface area contributed by atoms with Gasteiger partial charge in [0, 0.05) is 38.6 Å². The fourth-order valence-electron chi connectivity index (χ4n) is 2.63. The van der Waals surface area contributed by atoms with Crippen LogP contribution in [-0.4, -0.2) is 59.7 Å². The van der Waals surface area contributed by atoms with Gasteiger partial charge < -0.3 is 4.90 Å². The molecule has 1 saturated heterocycles. The van der Waals surface area contributed by atoms with Crippen molar-refractivity contribution in [1.82, 2.24) is 19.2 Å². The lowest BCUT2D eigenvalue weighted by atomic mass is 10.2. The molecular weight excluding hydrogens is 347 g/mol. The second-order valence-electron chi connectivity index (χ2n) is 5.70. The highest BCUT2D eigenvalue weighted by atomic mass is 32.2. The number of amides is 1. The highest BCUT2D eigenvalue weighted by Crippen LogP contribution is 2.20. The molecule has 1 fully saturated rings. The van der Waals surface area contributed by atoms with Gasteiger partial charge in [0.2, 0.25) is 10.0 Å². The van der Waals surface area contributed by atoms with Crippen molar-refractivity contribution in [3.8, 4) is 0 Å². The Kier molecular flexibility index (Phi) is 4.78. The average molecular weight is 364 g/mol. The van der Waals surface area contributed by atoms with Crippen LogP contribution in [0.4, 0.5) is 4.39 Å². The van der Waals surface area contributed by atoms with Gasteiger partial charge in [-0.1, -0.05) is 0 Å². The molecule has 0 aliphatic carbocycles. The molecule has 1 amide bonds. The molecular formula is C16H17FN4O3S. The zero-order valence-electron chi connectivity index (χ0n) is 13.6. The molecule has 0 N–H and O–H groups in total. The Morgan fingerprint density at radius 2 is 1.88 bits per heavy atom. The number of piperazine rings is 1. The number of rotatable bonds is 3. The SMILES string of the molecule is Cc1cc(S(=O)(=O)N2CCN(C(=O)c3cnccn3)CC2)ccc1F. The maximum absolute atomic E-state index is 13.4. The van der Waals surface area contributed by atoms with Crippen molar-refractivity contribution in [1.29, 1.82) is 0 Å². The third-order valence-corrected chi connectivity index (χ3v) is 5.97. The molecule has 1 aromatic heterocycles. The van der Waals surface area contributed by atoms with Crippen LogP contribution in [0.25, 0.3) is 0 Å². The van der Waals surface area contributed by atoms with Gasteiger partial charge in [0.05, 0.1) is 11.1 Å². The first-order valence-electron chi connectivity index (χ1n) is 7.71. The highest BCUT2D eigenvalue weighted by Gasteiger charge is 2.31. The number of benzene rings is 1. The summed E-state index contributed by atoms with van der Waals surface area (Å²) in [6, 6.07) is 3.73. The van der Waals surface area contributed by atoms with Crippen LogP contribution in [0.15, 0.2) is 41.7 Å². The number of nitrogens with zero attached hydrogens (tertiary/aromatic N) is 4. The summed E-state index contributed by atoms with van der Waals surface area (Å²) in [5, 5.41) is 0. The number of sulfonamides is 1. The summed E-state index contributed by atoms with van der Waals surface area (Å²) in [7, 11) is -3.71. The largest absolute Gasteiger partial charge is 0.335 e. The Morgan fingerprint density at radius 1 is 1.16 bits per heavy atom. The van der Waals surface area contributed by atoms with E-state index in [0.29, 0.717) is 0 Å². The molecule has 25 heavy (non-hydrogen) atoms. The van der Waals surface area contributed by atoms with Gasteiger partial charge in [0.15, 0.2) is 0 Å². The van der Waals surface area contributed by atoms with Gasteiger partial charge >= 0.3 is 0 Å². The van der Waals surface area contributed by atoms with Crippen LogP contribution in [0.2, 0.25) is 0 Å². The molecule has 3 rings (SSSR count). The Balaban J connectivity index is 1.71. The van der Waals surface area contributed by atoms with E-state index in [1.807, 2.05) is 0 Å². The van der Waals surface area contributed by atoms with Crippen molar-refractivity contribution in [2.75, 3.05) is 26.2 Å². The molecule has 9 heteroatoms. The Morgan fingerprint density at radius 3 is 2.48 bits per heavy atom. The molecule has 0 atom stereocenters.